The summed E-state index contributed by atoms with van der Waals surface area (Å²) in [6.45, 7) is 5.30. The molecule has 3 rings (SSSR count). The van der Waals surface area contributed by atoms with Gasteiger partial charge in [0.05, 0.1) is 18.3 Å². The van der Waals surface area contributed by atoms with Crippen LogP contribution in [0.3, 0.4) is 0 Å². The molecule has 1 atom stereocenters. The summed E-state index contributed by atoms with van der Waals surface area (Å²) in [5.74, 6) is 0.160. The third-order valence-corrected chi connectivity index (χ3v) is 4.56. The number of ether oxygens (including phenoxy) is 1. The van der Waals surface area contributed by atoms with E-state index in [0.29, 0.717) is 19.7 Å². The number of rotatable bonds is 5. The van der Waals surface area contributed by atoms with Crippen LogP contribution in [0.2, 0.25) is 0 Å². The maximum atomic E-state index is 14.0. The van der Waals surface area contributed by atoms with Gasteiger partial charge in [-0.15, -0.1) is 0 Å². The quantitative estimate of drug-likeness (QED) is 0.835. The van der Waals surface area contributed by atoms with E-state index in [1.807, 2.05) is 6.92 Å². The highest BCUT2D eigenvalue weighted by Gasteiger charge is 2.29. The van der Waals surface area contributed by atoms with Crippen molar-refractivity contribution in [3.63, 3.8) is 0 Å². The van der Waals surface area contributed by atoms with Crippen molar-refractivity contribution in [2.24, 2.45) is 5.92 Å². The molecule has 0 unspecified atom stereocenters. The van der Waals surface area contributed by atoms with Gasteiger partial charge in [-0.3, -0.25) is 4.79 Å². The first-order valence-electron chi connectivity index (χ1n) is 8.38. The summed E-state index contributed by atoms with van der Waals surface area (Å²) in [5.41, 5.74) is 0.975. The summed E-state index contributed by atoms with van der Waals surface area (Å²) in [5, 5.41) is 0. The van der Waals surface area contributed by atoms with Crippen LogP contribution in [0.5, 0.6) is 0 Å². The van der Waals surface area contributed by atoms with Crippen LogP contribution < -0.4 is 0 Å². The van der Waals surface area contributed by atoms with Gasteiger partial charge in [0.15, 0.2) is 0 Å². The van der Waals surface area contributed by atoms with Crippen molar-refractivity contribution in [3.05, 3.63) is 35.1 Å². The molecule has 1 aliphatic carbocycles. The van der Waals surface area contributed by atoms with Crippen LogP contribution in [0, 0.1) is 18.7 Å². The Hall–Kier alpha value is -1.46. The minimum absolute atomic E-state index is 0.00459. The van der Waals surface area contributed by atoms with Crippen LogP contribution in [0.4, 0.5) is 4.39 Å². The molecule has 1 aliphatic heterocycles. The standard InChI is InChI=1S/C18H25FN2O2/c1-13-3-6-16(17(19)9-13)18(22)21-7-8-23-15(12-21)11-20(2)10-14-4-5-14/h3,6,9,14-15H,4-5,7-8,10-12H2,1-2H3/t15-/m0/s1. The Morgan fingerprint density at radius 2 is 2.17 bits per heavy atom. The van der Waals surface area contributed by atoms with Crippen molar-refractivity contribution in [2.45, 2.75) is 25.9 Å². The molecule has 1 saturated heterocycles. The second-order valence-electron chi connectivity index (χ2n) is 6.89. The van der Waals surface area contributed by atoms with Gasteiger partial charge in [0.25, 0.3) is 5.91 Å². The summed E-state index contributed by atoms with van der Waals surface area (Å²) < 4.78 is 19.8. The fourth-order valence-electron chi connectivity index (χ4n) is 3.14. The van der Waals surface area contributed by atoms with Gasteiger partial charge < -0.3 is 14.5 Å². The molecule has 5 heteroatoms. The molecule has 1 amide bonds. The second kappa shape index (κ2) is 6.97. The summed E-state index contributed by atoms with van der Waals surface area (Å²) in [7, 11) is 2.10. The highest BCUT2D eigenvalue weighted by molar-refractivity contribution is 5.94. The number of hydrogen-bond acceptors (Lipinski definition) is 3. The minimum Gasteiger partial charge on any atom is -0.373 e. The molecule has 0 aromatic heterocycles. The average Bonchev–Trinajstić information content (AvgIpc) is 3.30. The van der Waals surface area contributed by atoms with Crippen molar-refractivity contribution in [1.29, 1.82) is 0 Å². The molecule has 0 radical (unpaired) electrons. The second-order valence-corrected chi connectivity index (χ2v) is 6.89. The van der Waals surface area contributed by atoms with Gasteiger partial charge in [-0.2, -0.15) is 0 Å². The number of amides is 1. The molecule has 1 saturated carbocycles. The van der Waals surface area contributed by atoms with Gasteiger partial charge in [-0.1, -0.05) is 6.07 Å². The zero-order valence-electron chi connectivity index (χ0n) is 13.9. The highest BCUT2D eigenvalue weighted by atomic mass is 19.1. The summed E-state index contributed by atoms with van der Waals surface area (Å²) in [6, 6.07) is 4.77. The topological polar surface area (TPSA) is 32.8 Å². The zero-order valence-corrected chi connectivity index (χ0v) is 13.9. The van der Waals surface area contributed by atoms with Crippen molar-refractivity contribution in [3.8, 4) is 0 Å². The molecule has 4 nitrogen and oxygen atoms in total. The maximum absolute atomic E-state index is 14.0. The van der Waals surface area contributed by atoms with Crippen molar-refractivity contribution in [1.82, 2.24) is 9.80 Å². The summed E-state index contributed by atoms with van der Waals surface area (Å²) in [6.07, 6.45) is 2.66. The maximum Gasteiger partial charge on any atom is 0.256 e. The minimum atomic E-state index is -0.441. The Labute approximate surface area is 137 Å². The van der Waals surface area contributed by atoms with E-state index in [4.69, 9.17) is 4.74 Å². The fraction of sp³-hybridized carbons (Fsp3) is 0.611. The molecular weight excluding hydrogens is 295 g/mol. The van der Waals surface area contributed by atoms with E-state index in [0.717, 1.165) is 24.6 Å². The van der Waals surface area contributed by atoms with E-state index in [2.05, 4.69) is 11.9 Å². The van der Waals surface area contributed by atoms with Crippen LogP contribution in [0.15, 0.2) is 18.2 Å². The van der Waals surface area contributed by atoms with Crippen LogP contribution in [-0.4, -0.2) is 61.6 Å². The monoisotopic (exact) mass is 320 g/mol. The van der Waals surface area contributed by atoms with Gasteiger partial charge >= 0.3 is 0 Å². The largest absolute Gasteiger partial charge is 0.373 e. The van der Waals surface area contributed by atoms with Crippen molar-refractivity contribution in [2.75, 3.05) is 39.8 Å². The summed E-state index contributed by atoms with van der Waals surface area (Å²) in [4.78, 5) is 16.6. The molecule has 1 aromatic carbocycles. The Morgan fingerprint density at radius 3 is 2.87 bits per heavy atom. The van der Waals surface area contributed by atoms with Gasteiger partial charge in [-0.05, 0) is 50.4 Å². The van der Waals surface area contributed by atoms with E-state index in [9.17, 15) is 9.18 Å². The first-order chi connectivity index (χ1) is 11.0. The predicted octanol–water partition coefficient (Wildman–Crippen LogP) is 2.32. The predicted molar refractivity (Wildman–Crippen MR) is 87.0 cm³/mol. The van der Waals surface area contributed by atoms with Crippen LogP contribution >= 0.6 is 0 Å². The Bertz CT molecular complexity index is 574. The van der Waals surface area contributed by atoms with E-state index >= 15 is 0 Å². The lowest BCUT2D eigenvalue weighted by Crippen LogP contribution is -2.49. The molecule has 1 heterocycles. The summed E-state index contributed by atoms with van der Waals surface area (Å²) >= 11 is 0. The zero-order chi connectivity index (χ0) is 16.4. The Balaban J connectivity index is 1.59. The first-order valence-corrected chi connectivity index (χ1v) is 8.38. The highest BCUT2D eigenvalue weighted by Crippen LogP contribution is 2.29. The molecule has 0 bridgehead atoms. The third-order valence-electron chi connectivity index (χ3n) is 4.56. The number of likely N-dealkylation sites (N-methyl/N-ethyl adjacent to an activating group) is 1. The molecule has 23 heavy (non-hydrogen) atoms. The van der Waals surface area contributed by atoms with E-state index in [-0.39, 0.29) is 17.6 Å². The Kier molecular flexibility index (Phi) is 4.97. The van der Waals surface area contributed by atoms with Gasteiger partial charge in [0.2, 0.25) is 0 Å². The number of benzene rings is 1. The van der Waals surface area contributed by atoms with Crippen molar-refractivity contribution < 1.29 is 13.9 Å². The lowest BCUT2D eigenvalue weighted by atomic mass is 10.1. The van der Waals surface area contributed by atoms with E-state index in [1.165, 1.54) is 18.9 Å². The molecule has 126 valence electrons. The number of halogens is 1. The number of nitrogens with zero attached hydrogens (tertiary/aromatic N) is 2. The molecule has 0 spiro atoms. The average molecular weight is 320 g/mol. The SMILES string of the molecule is Cc1ccc(C(=O)N2CCO[C@@H](CN(C)CC3CC3)C2)c(F)c1. The van der Waals surface area contributed by atoms with Crippen LogP contribution in [-0.2, 0) is 4.74 Å². The van der Waals surface area contributed by atoms with Gasteiger partial charge in [-0.25, -0.2) is 4.39 Å². The number of aryl methyl sites for hydroxylation is 1. The van der Waals surface area contributed by atoms with Gasteiger partial charge in [0.1, 0.15) is 5.82 Å². The van der Waals surface area contributed by atoms with Crippen LogP contribution in [0.1, 0.15) is 28.8 Å². The smallest absolute Gasteiger partial charge is 0.256 e. The van der Waals surface area contributed by atoms with E-state index < -0.39 is 5.82 Å². The number of morpholine rings is 1. The molecule has 1 aromatic rings. The van der Waals surface area contributed by atoms with Gasteiger partial charge in [0, 0.05) is 26.2 Å². The normalized spacial score (nSPS) is 21.7. The lowest BCUT2D eigenvalue weighted by molar-refractivity contribution is -0.0335. The van der Waals surface area contributed by atoms with Crippen molar-refractivity contribution >= 4 is 5.91 Å². The number of carbonyl (C=O) groups excluding carboxylic acids is 1. The number of hydrogen-bond donors (Lipinski definition) is 0. The Morgan fingerprint density at radius 1 is 1.39 bits per heavy atom. The number of carbonyl (C=O) groups is 1. The molecular formula is C18H25FN2O2. The fourth-order valence-corrected chi connectivity index (χ4v) is 3.14. The molecule has 2 aliphatic rings. The molecule has 2 fully saturated rings. The molecule has 0 N–H and O–H groups in total. The first kappa shape index (κ1) is 16.4. The van der Waals surface area contributed by atoms with Crippen LogP contribution in [0.25, 0.3) is 0 Å². The van der Waals surface area contributed by atoms with E-state index in [1.54, 1.807) is 17.0 Å². The lowest BCUT2D eigenvalue weighted by Gasteiger charge is -2.35. The third kappa shape index (κ3) is 4.30.